The number of hydrogen-bond donors (Lipinski definition) is 2. The van der Waals surface area contributed by atoms with E-state index in [9.17, 15) is 8.78 Å². The molecule has 0 radical (unpaired) electrons. The first-order valence-electron chi connectivity index (χ1n) is 7.92. The second-order valence-electron chi connectivity index (χ2n) is 5.98. The summed E-state index contributed by atoms with van der Waals surface area (Å²) in [6.45, 7) is 4.13. The molecular weight excluding hydrogens is 298 g/mol. The average molecular weight is 318 g/mol. The minimum absolute atomic E-state index is 0.196. The lowest BCUT2D eigenvalue weighted by Gasteiger charge is -2.14. The molecule has 3 rings (SSSR count). The molecule has 1 atom stereocenters. The summed E-state index contributed by atoms with van der Waals surface area (Å²) in [6.07, 6.45) is 3.18. The van der Waals surface area contributed by atoms with Crippen molar-refractivity contribution in [3.8, 4) is 0 Å². The summed E-state index contributed by atoms with van der Waals surface area (Å²) >= 11 is 0. The zero-order valence-electron chi connectivity index (χ0n) is 13.2. The third-order valence-corrected chi connectivity index (χ3v) is 3.92. The van der Waals surface area contributed by atoms with Gasteiger partial charge in [0.1, 0.15) is 17.5 Å². The standard InChI is InChI=1S/C17H20F2N4/c1-3-10(2)20-17-22-15(11-4-5-11)9-16(23-17)21-14-7-6-12(18)8-13(14)19/h6-11H,3-5H2,1-2H3,(H2,20,21,22,23)/t10-/m0/s1. The van der Waals surface area contributed by atoms with Crippen LogP contribution in [-0.4, -0.2) is 16.0 Å². The molecule has 4 nitrogen and oxygen atoms in total. The predicted octanol–water partition coefficient (Wildman–Crippen LogP) is 4.59. The van der Waals surface area contributed by atoms with Crippen LogP contribution in [0, 0.1) is 11.6 Å². The van der Waals surface area contributed by atoms with Crippen LogP contribution in [0.5, 0.6) is 0 Å². The van der Waals surface area contributed by atoms with Gasteiger partial charge in [-0.05, 0) is 38.3 Å². The van der Waals surface area contributed by atoms with Gasteiger partial charge in [0.05, 0.1) is 11.4 Å². The van der Waals surface area contributed by atoms with E-state index in [4.69, 9.17) is 0 Å². The van der Waals surface area contributed by atoms with Crippen LogP contribution in [0.1, 0.15) is 44.7 Å². The molecule has 6 heteroatoms. The second kappa shape index (κ2) is 6.48. The number of hydrogen-bond acceptors (Lipinski definition) is 4. The Balaban J connectivity index is 1.87. The van der Waals surface area contributed by atoms with E-state index in [-0.39, 0.29) is 11.7 Å². The quantitative estimate of drug-likeness (QED) is 0.818. The Kier molecular flexibility index (Phi) is 4.41. The molecule has 23 heavy (non-hydrogen) atoms. The molecule has 0 unspecified atom stereocenters. The van der Waals surface area contributed by atoms with Crippen molar-refractivity contribution in [2.45, 2.75) is 45.1 Å². The summed E-state index contributed by atoms with van der Waals surface area (Å²) in [6, 6.07) is 5.52. The predicted molar refractivity (Wildman–Crippen MR) is 87.0 cm³/mol. The monoisotopic (exact) mass is 318 g/mol. The van der Waals surface area contributed by atoms with Crippen molar-refractivity contribution in [3.05, 3.63) is 41.6 Å². The van der Waals surface area contributed by atoms with Gasteiger partial charge in [-0.15, -0.1) is 0 Å². The minimum Gasteiger partial charge on any atom is -0.352 e. The fourth-order valence-electron chi connectivity index (χ4n) is 2.23. The molecule has 1 saturated carbocycles. The highest BCUT2D eigenvalue weighted by atomic mass is 19.1. The van der Waals surface area contributed by atoms with Crippen LogP contribution in [0.2, 0.25) is 0 Å². The van der Waals surface area contributed by atoms with Crippen molar-refractivity contribution in [1.29, 1.82) is 0 Å². The number of nitrogens with zero attached hydrogens (tertiary/aromatic N) is 2. The van der Waals surface area contributed by atoms with Gasteiger partial charge in [-0.2, -0.15) is 4.98 Å². The molecule has 0 saturated heterocycles. The third kappa shape index (κ3) is 3.94. The van der Waals surface area contributed by atoms with Gasteiger partial charge in [-0.3, -0.25) is 0 Å². The SMILES string of the molecule is CC[C@H](C)Nc1nc(Nc2ccc(F)cc2F)cc(C2CC2)n1. The molecule has 0 aliphatic heterocycles. The first-order chi connectivity index (χ1) is 11.0. The molecule has 2 aromatic rings. The molecule has 1 aliphatic carbocycles. The number of nitrogens with one attached hydrogen (secondary N) is 2. The smallest absolute Gasteiger partial charge is 0.225 e. The molecule has 0 amide bonds. The van der Waals surface area contributed by atoms with Gasteiger partial charge in [-0.25, -0.2) is 13.8 Å². The molecule has 0 spiro atoms. The molecule has 2 N–H and O–H groups in total. The molecule has 0 bridgehead atoms. The van der Waals surface area contributed by atoms with E-state index < -0.39 is 11.6 Å². The van der Waals surface area contributed by atoms with Crippen molar-refractivity contribution in [2.24, 2.45) is 0 Å². The van der Waals surface area contributed by atoms with Gasteiger partial charge in [0.25, 0.3) is 0 Å². The Hall–Kier alpha value is -2.24. The van der Waals surface area contributed by atoms with E-state index in [1.165, 1.54) is 12.1 Å². The molecule has 1 heterocycles. The number of halogens is 2. The molecule has 1 aliphatic rings. The van der Waals surface area contributed by atoms with Gasteiger partial charge >= 0.3 is 0 Å². The van der Waals surface area contributed by atoms with Crippen LogP contribution in [0.3, 0.4) is 0 Å². The highest BCUT2D eigenvalue weighted by molar-refractivity contribution is 5.58. The lowest BCUT2D eigenvalue weighted by Crippen LogP contribution is -2.16. The van der Waals surface area contributed by atoms with E-state index in [1.807, 2.05) is 6.07 Å². The van der Waals surface area contributed by atoms with Crippen LogP contribution in [0.4, 0.5) is 26.2 Å². The largest absolute Gasteiger partial charge is 0.352 e. The molecule has 122 valence electrons. The zero-order valence-corrected chi connectivity index (χ0v) is 13.2. The van der Waals surface area contributed by atoms with E-state index in [0.717, 1.165) is 31.0 Å². The number of rotatable bonds is 6. The lowest BCUT2D eigenvalue weighted by atomic mass is 10.2. The van der Waals surface area contributed by atoms with Gasteiger partial charge in [0, 0.05) is 24.1 Å². The number of benzene rings is 1. The highest BCUT2D eigenvalue weighted by Gasteiger charge is 2.26. The molecule has 1 aromatic heterocycles. The van der Waals surface area contributed by atoms with Gasteiger partial charge in [-0.1, -0.05) is 6.92 Å². The van der Waals surface area contributed by atoms with Crippen molar-refractivity contribution in [1.82, 2.24) is 9.97 Å². The first kappa shape index (κ1) is 15.6. The Labute approximate surface area is 134 Å². The summed E-state index contributed by atoms with van der Waals surface area (Å²) in [5.41, 5.74) is 1.15. The van der Waals surface area contributed by atoms with E-state index in [2.05, 4.69) is 34.4 Å². The Morgan fingerprint density at radius 2 is 2.00 bits per heavy atom. The first-order valence-corrected chi connectivity index (χ1v) is 7.92. The maximum Gasteiger partial charge on any atom is 0.225 e. The summed E-state index contributed by atoms with van der Waals surface area (Å²) in [7, 11) is 0. The van der Waals surface area contributed by atoms with Gasteiger partial charge < -0.3 is 10.6 Å². The van der Waals surface area contributed by atoms with E-state index in [0.29, 0.717) is 17.7 Å². The summed E-state index contributed by atoms with van der Waals surface area (Å²) < 4.78 is 26.8. The molecule has 1 fully saturated rings. The number of aromatic nitrogens is 2. The van der Waals surface area contributed by atoms with Crippen LogP contribution in [0.25, 0.3) is 0 Å². The summed E-state index contributed by atoms with van der Waals surface area (Å²) in [5.74, 6) is 0.252. The van der Waals surface area contributed by atoms with Gasteiger partial charge in [0.2, 0.25) is 5.95 Å². The van der Waals surface area contributed by atoms with Crippen molar-refractivity contribution < 1.29 is 8.78 Å². The van der Waals surface area contributed by atoms with Crippen LogP contribution >= 0.6 is 0 Å². The average Bonchev–Trinajstić information content (AvgIpc) is 3.34. The van der Waals surface area contributed by atoms with Crippen LogP contribution in [-0.2, 0) is 0 Å². The minimum atomic E-state index is -0.645. The Morgan fingerprint density at radius 3 is 2.65 bits per heavy atom. The van der Waals surface area contributed by atoms with Crippen molar-refractivity contribution in [2.75, 3.05) is 10.6 Å². The topological polar surface area (TPSA) is 49.8 Å². The fraction of sp³-hybridized carbons (Fsp3) is 0.412. The molecular formula is C17H20F2N4. The highest BCUT2D eigenvalue weighted by Crippen LogP contribution is 2.40. The third-order valence-electron chi connectivity index (χ3n) is 3.92. The van der Waals surface area contributed by atoms with E-state index in [1.54, 1.807) is 0 Å². The Morgan fingerprint density at radius 1 is 1.22 bits per heavy atom. The zero-order chi connectivity index (χ0) is 16.4. The lowest BCUT2D eigenvalue weighted by molar-refractivity contribution is 0.586. The van der Waals surface area contributed by atoms with Crippen LogP contribution < -0.4 is 10.6 Å². The summed E-state index contributed by atoms with van der Waals surface area (Å²) in [5, 5.41) is 6.17. The van der Waals surface area contributed by atoms with E-state index >= 15 is 0 Å². The molecule has 1 aromatic carbocycles. The maximum absolute atomic E-state index is 13.8. The second-order valence-corrected chi connectivity index (χ2v) is 5.98. The number of anilines is 3. The Bertz CT molecular complexity index is 701. The van der Waals surface area contributed by atoms with Gasteiger partial charge in [0.15, 0.2) is 0 Å². The normalized spacial score (nSPS) is 15.3. The summed E-state index contributed by atoms with van der Waals surface area (Å²) in [4.78, 5) is 8.94. The maximum atomic E-state index is 13.8. The van der Waals surface area contributed by atoms with Crippen LogP contribution in [0.15, 0.2) is 24.3 Å². The van der Waals surface area contributed by atoms with Crippen molar-refractivity contribution >= 4 is 17.5 Å². The fourth-order valence-corrected chi connectivity index (χ4v) is 2.23. The van der Waals surface area contributed by atoms with Crippen molar-refractivity contribution in [3.63, 3.8) is 0 Å².